The first-order valence-electron chi connectivity index (χ1n) is 1.92. The molecule has 0 radical (unpaired) electrons. The van der Waals surface area contributed by atoms with Crippen LogP contribution >= 0.6 is 0 Å². The Morgan fingerprint density at radius 3 is 2.83 bits per heavy atom. The van der Waals surface area contributed by atoms with Crippen molar-refractivity contribution in [1.82, 2.24) is 0 Å². The molecule has 2 heteroatoms. The van der Waals surface area contributed by atoms with Gasteiger partial charge in [-0.15, -0.1) is 0 Å². The van der Waals surface area contributed by atoms with Crippen LogP contribution in [0.25, 0.3) is 0 Å². The van der Waals surface area contributed by atoms with Gasteiger partial charge < -0.3 is 0 Å². The van der Waals surface area contributed by atoms with Crippen molar-refractivity contribution in [3.05, 3.63) is 11.8 Å². The lowest BCUT2D eigenvalue weighted by molar-refractivity contribution is 1.10. The average molecular weight is 82.1 g/mol. The summed E-state index contributed by atoms with van der Waals surface area (Å²) in [6.45, 7) is 2.82. The maximum atomic E-state index is 3.70. The van der Waals surface area contributed by atoms with Gasteiger partial charge in [0, 0.05) is 6.20 Å². The third-order valence-electron chi connectivity index (χ3n) is 0.680. The maximum absolute atomic E-state index is 3.70. The van der Waals surface area contributed by atoms with Gasteiger partial charge in [0.2, 0.25) is 0 Å². The van der Waals surface area contributed by atoms with Crippen LogP contribution in [0.5, 0.6) is 0 Å². The average Bonchev–Trinajstić information content (AvgIpc) is 1.86. The summed E-state index contributed by atoms with van der Waals surface area (Å²) in [7, 11) is 0. The number of rotatable bonds is 0. The van der Waals surface area contributed by atoms with Crippen molar-refractivity contribution in [3.8, 4) is 0 Å². The molecule has 6 heavy (non-hydrogen) atoms. The Kier molecular flexibility index (Phi) is 0.708. The Hall–Kier alpha value is -0.660. The molecule has 0 N–H and O–H groups in total. The molecule has 32 valence electrons. The van der Waals surface area contributed by atoms with E-state index in [2.05, 4.69) is 10.2 Å². The van der Waals surface area contributed by atoms with Crippen molar-refractivity contribution in [2.24, 2.45) is 10.2 Å². The molecule has 0 aliphatic carbocycles. The van der Waals surface area contributed by atoms with Crippen LogP contribution in [0, 0.1) is 0 Å². The first-order valence-corrected chi connectivity index (χ1v) is 1.92. The molecular formula is C4H6N2. The summed E-state index contributed by atoms with van der Waals surface area (Å²) in [5.41, 5.74) is 1.25. The van der Waals surface area contributed by atoms with Crippen LogP contribution in [0.2, 0.25) is 0 Å². The predicted molar refractivity (Wildman–Crippen MR) is 23.5 cm³/mol. The summed E-state index contributed by atoms with van der Waals surface area (Å²) in [5, 5.41) is 7.32. The quantitative estimate of drug-likeness (QED) is 0.421. The van der Waals surface area contributed by atoms with Gasteiger partial charge in [0.05, 0.1) is 6.54 Å². The van der Waals surface area contributed by atoms with Gasteiger partial charge in [-0.25, -0.2) is 0 Å². The van der Waals surface area contributed by atoms with Gasteiger partial charge in [-0.2, -0.15) is 10.2 Å². The van der Waals surface area contributed by atoms with E-state index in [0.29, 0.717) is 0 Å². The minimum Gasteiger partial charge on any atom is -0.185 e. The van der Waals surface area contributed by atoms with E-state index < -0.39 is 0 Å². The van der Waals surface area contributed by atoms with Gasteiger partial charge >= 0.3 is 0 Å². The number of hydrogen-bond acceptors (Lipinski definition) is 2. The largest absolute Gasteiger partial charge is 0.185 e. The predicted octanol–water partition coefficient (Wildman–Crippen LogP) is 1.36. The van der Waals surface area contributed by atoms with E-state index in [1.165, 1.54) is 5.57 Å². The van der Waals surface area contributed by atoms with Crippen molar-refractivity contribution in [2.45, 2.75) is 6.92 Å². The molecule has 1 aliphatic rings. The van der Waals surface area contributed by atoms with Crippen molar-refractivity contribution in [1.29, 1.82) is 0 Å². The summed E-state index contributed by atoms with van der Waals surface area (Å²) < 4.78 is 0. The van der Waals surface area contributed by atoms with Gasteiger partial charge in [-0.3, -0.25) is 0 Å². The Balaban J connectivity index is 2.61. The zero-order chi connectivity index (χ0) is 4.41. The van der Waals surface area contributed by atoms with Crippen LogP contribution in [0.1, 0.15) is 6.92 Å². The van der Waals surface area contributed by atoms with E-state index in [9.17, 15) is 0 Å². The summed E-state index contributed by atoms with van der Waals surface area (Å²) in [6.07, 6.45) is 1.78. The highest BCUT2D eigenvalue weighted by molar-refractivity contribution is 5.01. The molecule has 0 unspecified atom stereocenters. The summed E-state index contributed by atoms with van der Waals surface area (Å²) in [4.78, 5) is 0. The normalized spacial score (nSPS) is 18.5. The van der Waals surface area contributed by atoms with E-state index in [1.807, 2.05) is 6.92 Å². The second-order valence-corrected chi connectivity index (χ2v) is 1.39. The fourth-order valence-corrected chi connectivity index (χ4v) is 0.333. The fraction of sp³-hybridized carbons (Fsp3) is 0.500. The molecule has 0 saturated heterocycles. The number of hydrogen-bond donors (Lipinski definition) is 0. The summed E-state index contributed by atoms with van der Waals surface area (Å²) in [5.74, 6) is 0. The smallest absolute Gasteiger partial charge is 0.0829 e. The maximum Gasteiger partial charge on any atom is 0.0829 e. The Bertz CT molecular complexity index is 102. The molecule has 1 aliphatic heterocycles. The van der Waals surface area contributed by atoms with Gasteiger partial charge in [0.1, 0.15) is 0 Å². The molecule has 1 rings (SSSR count). The first kappa shape index (κ1) is 3.53. The topological polar surface area (TPSA) is 24.7 Å². The van der Waals surface area contributed by atoms with Crippen LogP contribution < -0.4 is 0 Å². The molecular weight excluding hydrogens is 76.1 g/mol. The highest BCUT2D eigenvalue weighted by Crippen LogP contribution is 2.00. The second kappa shape index (κ2) is 1.20. The van der Waals surface area contributed by atoms with Crippen molar-refractivity contribution in [3.63, 3.8) is 0 Å². The number of nitrogens with zero attached hydrogens (tertiary/aromatic N) is 2. The second-order valence-electron chi connectivity index (χ2n) is 1.39. The zero-order valence-corrected chi connectivity index (χ0v) is 3.68. The lowest BCUT2D eigenvalue weighted by Gasteiger charge is -1.74. The van der Waals surface area contributed by atoms with E-state index in [4.69, 9.17) is 0 Å². The molecule has 0 saturated carbocycles. The third-order valence-corrected chi connectivity index (χ3v) is 0.680. The molecule has 0 aromatic carbocycles. The van der Waals surface area contributed by atoms with E-state index in [0.717, 1.165) is 6.54 Å². The van der Waals surface area contributed by atoms with Crippen molar-refractivity contribution >= 4 is 0 Å². The van der Waals surface area contributed by atoms with Gasteiger partial charge in [-0.1, -0.05) is 0 Å². The molecule has 0 aromatic rings. The van der Waals surface area contributed by atoms with Crippen LogP contribution in [0.4, 0.5) is 0 Å². The minimum absolute atomic E-state index is 0.806. The van der Waals surface area contributed by atoms with Crippen LogP contribution in [0.15, 0.2) is 22.0 Å². The van der Waals surface area contributed by atoms with Gasteiger partial charge in [0.15, 0.2) is 0 Å². The van der Waals surface area contributed by atoms with Gasteiger partial charge in [-0.05, 0) is 12.5 Å². The van der Waals surface area contributed by atoms with E-state index in [1.54, 1.807) is 6.20 Å². The molecule has 2 nitrogen and oxygen atoms in total. The van der Waals surface area contributed by atoms with Gasteiger partial charge in [0.25, 0.3) is 0 Å². The Morgan fingerprint density at radius 1 is 1.83 bits per heavy atom. The Morgan fingerprint density at radius 2 is 2.67 bits per heavy atom. The van der Waals surface area contributed by atoms with Crippen molar-refractivity contribution in [2.75, 3.05) is 6.54 Å². The highest BCUT2D eigenvalue weighted by Gasteiger charge is 1.88. The zero-order valence-electron chi connectivity index (χ0n) is 3.68. The lowest BCUT2D eigenvalue weighted by atomic mass is 10.4. The molecule has 0 atom stereocenters. The standard InChI is InChI=1S/C4H6N2/c1-4-2-5-6-3-4/h2H,3H2,1H3. The molecule has 0 amide bonds. The summed E-state index contributed by atoms with van der Waals surface area (Å²) in [6, 6.07) is 0. The first-order chi connectivity index (χ1) is 2.89. The number of azo groups is 1. The molecule has 1 heterocycles. The molecule has 0 bridgehead atoms. The molecule has 0 aromatic heterocycles. The third kappa shape index (κ3) is 0.455. The fourth-order valence-electron chi connectivity index (χ4n) is 0.333. The highest BCUT2D eigenvalue weighted by atomic mass is 15.1. The Labute approximate surface area is 36.6 Å². The van der Waals surface area contributed by atoms with Crippen LogP contribution in [0.3, 0.4) is 0 Å². The molecule has 0 spiro atoms. The van der Waals surface area contributed by atoms with Crippen molar-refractivity contribution < 1.29 is 0 Å². The SMILES string of the molecule is CC1=CN=NC1. The lowest BCUT2D eigenvalue weighted by Crippen LogP contribution is -1.70. The van der Waals surface area contributed by atoms with Crippen LogP contribution in [-0.4, -0.2) is 6.54 Å². The molecule has 0 fully saturated rings. The van der Waals surface area contributed by atoms with E-state index in [-0.39, 0.29) is 0 Å². The monoisotopic (exact) mass is 82.1 g/mol. The van der Waals surface area contributed by atoms with Crippen LogP contribution in [-0.2, 0) is 0 Å². The summed E-state index contributed by atoms with van der Waals surface area (Å²) >= 11 is 0. The van der Waals surface area contributed by atoms with E-state index >= 15 is 0 Å². The minimum atomic E-state index is 0.806.